The van der Waals surface area contributed by atoms with Crippen LogP contribution in [0.1, 0.15) is 5.56 Å². The third kappa shape index (κ3) is 3.71. The van der Waals surface area contributed by atoms with Crippen LogP contribution >= 0.6 is 0 Å². The Balaban J connectivity index is 2.09. The molecule has 4 nitrogen and oxygen atoms in total. The first-order valence-corrected chi connectivity index (χ1v) is 5.97. The number of hydrogen-bond acceptors (Lipinski definition) is 3. The zero-order chi connectivity index (χ0) is 14.5. The highest BCUT2D eigenvalue weighted by molar-refractivity contribution is 5.73. The molecule has 20 heavy (non-hydrogen) atoms. The number of hydrogen-bond donors (Lipinski definition) is 2. The van der Waals surface area contributed by atoms with Gasteiger partial charge in [0.1, 0.15) is 17.3 Å². The van der Waals surface area contributed by atoms with Gasteiger partial charge in [0, 0.05) is 6.42 Å². The lowest BCUT2D eigenvalue weighted by atomic mass is 10.1. The second-order valence-electron chi connectivity index (χ2n) is 4.27. The molecule has 0 fully saturated rings. The van der Waals surface area contributed by atoms with Crippen molar-refractivity contribution in [1.82, 2.24) is 0 Å². The average Bonchev–Trinajstić information content (AvgIpc) is 2.42. The predicted octanol–water partition coefficient (Wildman–Crippen LogP) is 2.61. The van der Waals surface area contributed by atoms with E-state index in [0.717, 1.165) is 5.56 Å². The van der Waals surface area contributed by atoms with E-state index in [2.05, 4.69) is 0 Å². The van der Waals surface area contributed by atoms with Gasteiger partial charge >= 0.3 is 5.97 Å². The Morgan fingerprint density at radius 2 is 1.70 bits per heavy atom. The smallest absolute Gasteiger partial charge is 0.345 e. The van der Waals surface area contributed by atoms with Crippen molar-refractivity contribution >= 4 is 5.97 Å². The van der Waals surface area contributed by atoms with Gasteiger partial charge in [0.15, 0.2) is 6.10 Å². The monoisotopic (exact) mass is 276 g/mol. The third-order valence-electron chi connectivity index (χ3n) is 2.72. The molecule has 0 unspecified atom stereocenters. The van der Waals surface area contributed by atoms with Gasteiger partial charge in [-0.3, -0.25) is 0 Å². The number of rotatable bonds is 5. The molecule has 2 aromatic carbocycles. The number of aromatic hydroxyl groups is 1. The molecule has 0 aliphatic rings. The molecule has 0 bridgehead atoms. The fourth-order valence-electron chi connectivity index (χ4n) is 1.70. The summed E-state index contributed by atoms with van der Waals surface area (Å²) in [7, 11) is 0. The first kappa shape index (κ1) is 13.9. The van der Waals surface area contributed by atoms with Crippen LogP contribution in [0, 0.1) is 5.82 Å². The van der Waals surface area contributed by atoms with Gasteiger partial charge in [-0.15, -0.1) is 0 Å². The molecule has 0 amide bonds. The van der Waals surface area contributed by atoms with Gasteiger partial charge in [-0.1, -0.05) is 12.1 Å². The number of phenolic OH excluding ortho intramolecular Hbond substituents is 1. The minimum absolute atomic E-state index is 0.111. The van der Waals surface area contributed by atoms with Crippen molar-refractivity contribution in [2.45, 2.75) is 12.5 Å². The summed E-state index contributed by atoms with van der Waals surface area (Å²) in [5, 5.41) is 18.3. The molecule has 0 saturated carbocycles. The van der Waals surface area contributed by atoms with E-state index in [4.69, 9.17) is 9.84 Å². The molecule has 2 aromatic rings. The molecule has 0 aromatic heterocycles. The van der Waals surface area contributed by atoms with Crippen molar-refractivity contribution in [2.75, 3.05) is 0 Å². The second-order valence-corrected chi connectivity index (χ2v) is 4.27. The van der Waals surface area contributed by atoms with Gasteiger partial charge in [0.2, 0.25) is 0 Å². The standard InChI is InChI=1S/C15H13FO4/c16-11-3-7-13(8-4-11)20-14(15(18)19)9-10-1-5-12(17)6-2-10/h1-8,14,17H,9H2,(H,18,19)/t14-/m0/s1. The van der Waals surface area contributed by atoms with E-state index in [-0.39, 0.29) is 17.9 Å². The number of carbonyl (C=O) groups is 1. The Bertz CT molecular complexity index is 530. The predicted molar refractivity (Wildman–Crippen MR) is 70.3 cm³/mol. The van der Waals surface area contributed by atoms with Gasteiger partial charge in [0.25, 0.3) is 0 Å². The highest BCUT2D eigenvalue weighted by Crippen LogP contribution is 2.17. The van der Waals surface area contributed by atoms with E-state index in [1.165, 1.54) is 36.4 Å². The number of benzene rings is 2. The fourth-order valence-corrected chi connectivity index (χ4v) is 1.70. The van der Waals surface area contributed by atoms with Crippen LogP contribution in [0.15, 0.2) is 48.5 Å². The first-order valence-electron chi connectivity index (χ1n) is 5.97. The van der Waals surface area contributed by atoms with Gasteiger partial charge in [-0.2, -0.15) is 0 Å². The van der Waals surface area contributed by atoms with E-state index in [1.54, 1.807) is 12.1 Å². The molecule has 0 aliphatic heterocycles. The zero-order valence-corrected chi connectivity index (χ0v) is 10.5. The number of aliphatic carboxylic acids is 1. The molecular weight excluding hydrogens is 263 g/mol. The number of carboxylic acid groups (broad SMARTS) is 1. The van der Waals surface area contributed by atoms with Gasteiger partial charge in [-0.25, -0.2) is 9.18 Å². The summed E-state index contributed by atoms with van der Waals surface area (Å²) in [6.45, 7) is 0. The minimum Gasteiger partial charge on any atom is -0.508 e. The first-order chi connectivity index (χ1) is 9.54. The topological polar surface area (TPSA) is 66.8 Å². The second kappa shape index (κ2) is 6.06. The molecule has 5 heteroatoms. The van der Waals surface area contributed by atoms with Crippen molar-refractivity contribution in [3.63, 3.8) is 0 Å². The molecule has 1 atom stereocenters. The Morgan fingerprint density at radius 3 is 2.25 bits per heavy atom. The lowest BCUT2D eigenvalue weighted by Gasteiger charge is -2.15. The van der Waals surface area contributed by atoms with E-state index in [1.807, 2.05) is 0 Å². The highest BCUT2D eigenvalue weighted by Gasteiger charge is 2.20. The van der Waals surface area contributed by atoms with Crippen molar-refractivity contribution < 1.29 is 24.1 Å². The van der Waals surface area contributed by atoms with E-state index < -0.39 is 17.9 Å². The molecule has 0 spiro atoms. The van der Waals surface area contributed by atoms with Gasteiger partial charge < -0.3 is 14.9 Å². The molecule has 0 heterocycles. The maximum Gasteiger partial charge on any atom is 0.345 e. The summed E-state index contributed by atoms with van der Waals surface area (Å²) >= 11 is 0. The molecular formula is C15H13FO4. The van der Waals surface area contributed by atoms with Crippen molar-refractivity contribution in [1.29, 1.82) is 0 Å². The maximum absolute atomic E-state index is 12.8. The Hall–Kier alpha value is -2.56. The molecule has 2 rings (SSSR count). The quantitative estimate of drug-likeness (QED) is 0.881. The minimum atomic E-state index is -1.11. The van der Waals surface area contributed by atoms with Crippen LogP contribution < -0.4 is 4.74 Å². The Morgan fingerprint density at radius 1 is 1.10 bits per heavy atom. The van der Waals surface area contributed by atoms with Gasteiger partial charge in [-0.05, 0) is 42.0 Å². The molecule has 2 N–H and O–H groups in total. The fraction of sp³-hybridized carbons (Fsp3) is 0.133. The summed E-state index contributed by atoms with van der Waals surface area (Å²) in [6, 6.07) is 11.4. The van der Waals surface area contributed by atoms with Crippen LogP contribution in [0.25, 0.3) is 0 Å². The number of ether oxygens (including phenoxy) is 1. The zero-order valence-electron chi connectivity index (χ0n) is 10.5. The lowest BCUT2D eigenvalue weighted by Crippen LogP contribution is -2.29. The van der Waals surface area contributed by atoms with Crippen molar-refractivity contribution in [2.24, 2.45) is 0 Å². The summed E-state index contributed by atoms with van der Waals surface area (Å²) in [6.07, 6.45) is -0.933. The lowest BCUT2D eigenvalue weighted by molar-refractivity contribution is -0.145. The molecule has 0 radical (unpaired) electrons. The number of carboxylic acids is 1. The maximum atomic E-state index is 12.8. The van der Waals surface area contributed by atoms with E-state index in [0.29, 0.717) is 0 Å². The summed E-state index contributed by atoms with van der Waals surface area (Å²) < 4.78 is 18.1. The van der Waals surface area contributed by atoms with Crippen LogP contribution in [-0.2, 0) is 11.2 Å². The number of phenols is 1. The van der Waals surface area contributed by atoms with Crippen LogP contribution in [0.4, 0.5) is 4.39 Å². The van der Waals surface area contributed by atoms with Crippen molar-refractivity contribution in [3.8, 4) is 11.5 Å². The SMILES string of the molecule is O=C(O)[C@H](Cc1ccc(O)cc1)Oc1ccc(F)cc1. The van der Waals surface area contributed by atoms with Crippen LogP contribution in [0.3, 0.4) is 0 Å². The van der Waals surface area contributed by atoms with E-state index >= 15 is 0 Å². The molecule has 0 aliphatic carbocycles. The largest absolute Gasteiger partial charge is 0.508 e. The molecule has 104 valence electrons. The summed E-state index contributed by atoms with van der Waals surface area (Å²) in [5.41, 5.74) is 0.720. The van der Waals surface area contributed by atoms with Crippen LogP contribution in [0.5, 0.6) is 11.5 Å². The summed E-state index contributed by atoms with van der Waals surface area (Å²) in [4.78, 5) is 11.2. The highest BCUT2D eigenvalue weighted by atomic mass is 19.1. The van der Waals surface area contributed by atoms with E-state index in [9.17, 15) is 14.3 Å². The van der Waals surface area contributed by atoms with Crippen molar-refractivity contribution in [3.05, 3.63) is 59.9 Å². The van der Waals surface area contributed by atoms with Crippen LogP contribution in [0.2, 0.25) is 0 Å². The Labute approximate surface area is 115 Å². The Kier molecular flexibility index (Phi) is 4.20. The normalized spacial score (nSPS) is 11.8. The molecule has 0 saturated heterocycles. The average molecular weight is 276 g/mol. The summed E-state index contributed by atoms with van der Waals surface area (Å²) in [5.74, 6) is -1.12. The van der Waals surface area contributed by atoms with Gasteiger partial charge in [0.05, 0.1) is 0 Å². The third-order valence-corrected chi connectivity index (χ3v) is 2.72. The van der Waals surface area contributed by atoms with Crippen LogP contribution in [-0.4, -0.2) is 22.3 Å². The number of halogens is 1.